The van der Waals surface area contributed by atoms with Gasteiger partial charge in [-0.25, -0.2) is 9.69 Å². The van der Waals surface area contributed by atoms with Gasteiger partial charge in [0.25, 0.3) is 11.8 Å². The minimum absolute atomic E-state index is 0.179. The number of imide groups is 2. The van der Waals surface area contributed by atoms with Gasteiger partial charge in [-0.1, -0.05) is 43.3 Å². The molecule has 1 fully saturated rings. The molecule has 1 heterocycles. The number of amides is 4. The number of carbonyl (C=O) groups excluding carboxylic acids is 3. The first-order valence-corrected chi connectivity index (χ1v) is 17.3. The molecular weight excluding hydrogens is 720 g/mol. The van der Waals surface area contributed by atoms with Crippen molar-refractivity contribution in [2.75, 3.05) is 31.8 Å². The quantitative estimate of drug-likeness (QED) is 0.0899. The Morgan fingerprint density at radius 2 is 1.41 bits per heavy atom. The molecule has 1 N–H and O–H groups in total. The van der Waals surface area contributed by atoms with E-state index >= 15 is 0 Å². The lowest BCUT2D eigenvalue weighted by molar-refractivity contribution is -0.122. The number of rotatable bonds is 16. The highest BCUT2D eigenvalue weighted by Crippen LogP contribution is 2.39. The third-order valence-electron chi connectivity index (χ3n) is 7.54. The number of hydrogen-bond acceptors (Lipinski definition) is 9. The Kier molecular flexibility index (Phi) is 12.6. The summed E-state index contributed by atoms with van der Waals surface area (Å²) in [6, 6.07) is 22.6. The Hall–Kier alpha value is -5.49. The van der Waals surface area contributed by atoms with E-state index < -0.39 is 17.8 Å². The zero-order chi connectivity index (χ0) is 36.3. The van der Waals surface area contributed by atoms with Crippen molar-refractivity contribution in [2.45, 2.75) is 40.4 Å². The molecule has 1 aliphatic heterocycles. The third-order valence-corrected chi connectivity index (χ3v) is 8.13. The van der Waals surface area contributed by atoms with Crippen LogP contribution in [0.3, 0.4) is 0 Å². The molecule has 5 rings (SSSR count). The summed E-state index contributed by atoms with van der Waals surface area (Å²) in [4.78, 5) is 40.5. The number of urea groups is 1. The van der Waals surface area contributed by atoms with E-state index in [4.69, 9.17) is 28.4 Å². The normalized spacial score (nSPS) is 13.5. The van der Waals surface area contributed by atoms with Crippen LogP contribution >= 0.6 is 15.9 Å². The van der Waals surface area contributed by atoms with Crippen molar-refractivity contribution in [1.82, 2.24) is 5.32 Å². The summed E-state index contributed by atoms with van der Waals surface area (Å²) in [7, 11) is 1.58. The van der Waals surface area contributed by atoms with Crippen LogP contribution in [0.5, 0.6) is 34.5 Å². The number of methoxy groups -OCH3 is 1. The van der Waals surface area contributed by atoms with Gasteiger partial charge in [-0.05, 0) is 95.4 Å². The van der Waals surface area contributed by atoms with Gasteiger partial charge < -0.3 is 28.4 Å². The number of hydrogen-bond donors (Lipinski definition) is 1. The fourth-order valence-electron chi connectivity index (χ4n) is 5.18. The number of nitrogens with zero attached hydrogens (tertiary/aromatic N) is 1. The van der Waals surface area contributed by atoms with Gasteiger partial charge in [0.2, 0.25) is 0 Å². The molecule has 0 radical (unpaired) electrons. The second kappa shape index (κ2) is 17.4. The van der Waals surface area contributed by atoms with Crippen molar-refractivity contribution < 1.29 is 42.8 Å². The molecule has 0 aliphatic carbocycles. The highest BCUT2D eigenvalue weighted by Gasteiger charge is 2.37. The summed E-state index contributed by atoms with van der Waals surface area (Å²) in [6.45, 7) is 7.35. The van der Waals surface area contributed by atoms with Crippen LogP contribution in [0.2, 0.25) is 0 Å². The molecule has 0 bridgehead atoms. The molecule has 12 heteroatoms. The standard InChI is InChI=1S/C39H39BrN2O9/c1-5-17-49-32-16-14-28(22-34(32)47-6-2)42-38(44)29(37(43)41-39(42)45)18-27-19-30(40)36(35(21-27)48-7-3)51-24-26-13-15-31(33(20-26)46-4)50-23-25-11-9-8-10-12-25/h8-16,18-22H,5-7,17,23-24H2,1-4H3,(H,41,43,45)/b29-18+. The fourth-order valence-corrected chi connectivity index (χ4v) is 5.75. The second-order valence-electron chi connectivity index (χ2n) is 11.2. The van der Waals surface area contributed by atoms with Crippen molar-refractivity contribution in [2.24, 2.45) is 0 Å². The highest BCUT2D eigenvalue weighted by atomic mass is 79.9. The third kappa shape index (κ3) is 9.01. The summed E-state index contributed by atoms with van der Waals surface area (Å²) in [5.41, 5.74) is 2.30. The molecule has 0 saturated carbocycles. The lowest BCUT2D eigenvalue weighted by atomic mass is 10.1. The molecule has 0 atom stereocenters. The van der Waals surface area contributed by atoms with E-state index in [1.54, 1.807) is 31.4 Å². The summed E-state index contributed by atoms with van der Waals surface area (Å²) >= 11 is 3.57. The van der Waals surface area contributed by atoms with Gasteiger partial charge in [-0.2, -0.15) is 0 Å². The van der Waals surface area contributed by atoms with Crippen LogP contribution in [0, 0.1) is 0 Å². The maximum absolute atomic E-state index is 13.7. The first kappa shape index (κ1) is 36.8. The lowest BCUT2D eigenvalue weighted by Crippen LogP contribution is -2.54. The number of carbonyl (C=O) groups is 3. The summed E-state index contributed by atoms with van der Waals surface area (Å²) in [5.74, 6) is 1.21. The molecule has 0 spiro atoms. The molecule has 0 aromatic heterocycles. The van der Waals surface area contributed by atoms with Gasteiger partial charge >= 0.3 is 6.03 Å². The highest BCUT2D eigenvalue weighted by molar-refractivity contribution is 9.10. The Labute approximate surface area is 305 Å². The Morgan fingerprint density at radius 3 is 2.14 bits per heavy atom. The van der Waals surface area contributed by atoms with Crippen molar-refractivity contribution in [3.8, 4) is 34.5 Å². The van der Waals surface area contributed by atoms with Crippen LogP contribution in [0.1, 0.15) is 43.9 Å². The van der Waals surface area contributed by atoms with Crippen molar-refractivity contribution in [1.29, 1.82) is 0 Å². The number of anilines is 1. The fraction of sp³-hybridized carbons (Fsp3) is 0.256. The maximum atomic E-state index is 13.7. The summed E-state index contributed by atoms with van der Waals surface area (Å²) in [6.07, 6.45) is 2.19. The van der Waals surface area contributed by atoms with Crippen LogP contribution in [0.4, 0.5) is 10.5 Å². The molecular formula is C39H39BrN2O9. The Morgan fingerprint density at radius 1 is 0.706 bits per heavy atom. The average Bonchev–Trinajstić information content (AvgIpc) is 3.12. The molecule has 4 aromatic carbocycles. The van der Waals surface area contributed by atoms with Gasteiger partial charge in [0, 0.05) is 6.07 Å². The van der Waals surface area contributed by atoms with Gasteiger partial charge in [0.1, 0.15) is 18.8 Å². The summed E-state index contributed by atoms with van der Waals surface area (Å²) < 4.78 is 35.7. The van der Waals surface area contributed by atoms with Gasteiger partial charge in [-0.15, -0.1) is 0 Å². The molecule has 266 valence electrons. The predicted molar refractivity (Wildman–Crippen MR) is 196 cm³/mol. The van der Waals surface area contributed by atoms with Crippen LogP contribution in [0.15, 0.2) is 88.9 Å². The van der Waals surface area contributed by atoms with Gasteiger partial charge in [0.05, 0.1) is 37.1 Å². The largest absolute Gasteiger partial charge is 0.493 e. The zero-order valence-electron chi connectivity index (χ0n) is 28.8. The van der Waals surface area contributed by atoms with Crippen molar-refractivity contribution >= 4 is 45.5 Å². The minimum atomic E-state index is -0.876. The lowest BCUT2D eigenvalue weighted by Gasteiger charge is -2.27. The maximum Gasteiger partial charge on any atom is 0.335 e. The van der Waals surface area contributed by atoms with E-state index in [9.17, 15) is 14.4 Å². The monoisotopic (exact) mass is 758 g/mol. The van der Waals surface area contributed by atoms with E-state index in [0.717, 1.165) is 22.4 Å². The van der Waals surface area contributed by atoms with E-state index in [1.165, 1.54) is 12.1 Å². The number of benzene rings is 4. The smallest absolute Gasteiger partial charge is 0.335 e. The van der Waals surface area contributed by atoms with Crippen molar-refractivity contribution in [3.63, 3.8) is 0 Å². The van der Waals surface area contributed by atoms with Crippen LogP contribution < -0.4 is 38.6 Å². The molecule has 0 unspecified atom stereocenters. The van der Waals surface area contributed by atoms with E-state index in [2.05, 4.69) is 21.2 Å². The predicted octanol–water partition coefficient (Wildman–Crippen LogP) is 7.87. The zero-order valence-corrected chi connectivity index (χ0v) is 30.4. The first-order valence-electron chi connectivity index (χ1n) is 16.5. The van der Waals surface area contributed by atoms with Gasteiger partial charge in [-0.3, -0.25) is 14.9 Å². The summed E-state index contributed by atoms with van der Waals surface area (Å²) in [5, 5.41) is 2.26. The molecule has 51 heavy (non-hydrogen) atoms. The molecule has 4 amide bonds. The molecule has 1 saturated heterocycles. The van der Waals surface area contributed by atoms with Crippen LogP contribution in [0.25, 0.3) is 6.08 Å². The van der Waals surface area contributed by atoms with Crippen molar-refractivity contribution in [3.05, 3.63) is 106 Å². The number of ether oxygens (including phenoxy) is 6. The number of barbiturate groups is 1. The average molecular weight is 760 g/mol. The second-order valence-corrected chi connectivity index (χ2v) is 12.0. The molecule has 1 aliphatic rings. The van der Waals surface area contributed by atoms with Crippen LogP contribution in [-0.4, -0.2) is 44.8 Å². The van der Waals surface area contributed by atoms with Crippen LogP contribution in [-0.2, 0) is 22.8 Å². The van der Waals surface area contributed by atoms with Gasteiger partial charge in [0.15, 0.2) is 34.5 Å². The Bertz CT molecular complexity index is 1910. The van der Waals surface area contributed by atoms with E-state index in [1.807, 2.05) is 69.3 Å². The number of nitrogens with one attached hydrogen (secondary N) is 1. The number of halogens is 1. The molecule has 4 aromatic rings. The first-order chi connectivity index (χ1) is 24.8. The topological polar surface area (TPSA) is 122 Å². The molecule has 11 nitrogen and oxygen atoms in total. The van der Waals surface area contributed by atoms with E-state index in [-0.39, 0.29) is 17.9 Å². The van der Waals surface area contributed by atoms with E-state index in [0.29, 0.717) is 71.0 Å². The Balaban J connectivity index is 1.36. The SMILES string of the molecule is CCCOc1ccc(N2C(=O)NC(=O)/C(=C\c3cc(Br)c(OCc4ccc(OCc5ccccc5)c(OC)c4)c(OCC)c3)C2=O)cc1OCC. The minimum Gasteiger partial charge on any atom is -0.493 e.